The first-order valence-corrected chi connectivity index (χ1v) is 6.48. The number of rotatable bonds is 4. The fourth-order valence-corrected chi connectivity index (χ4v) is 1.84. The van der Waals surface area contributed by atoms with Gasteiger partial charge in [-0.05, 0) is 38.5 Å². The molecule has 0 radical (unpaired) electrons. The molecule has 1 rings (SSSR count). The van der Waals surface area contributed by atoms with Crippen molar-refractivity contribution in [2.45, 2.75) is 26.8 Å². The van der Waals surface area contributed by atoms with Crippen molar-refractivity contribution >= 4 is 11.8 Å². The molecule has 104 valence electrons. The Hall–Kier alpha value is -1.91. The van der Waals surface area contributed by atoms with Crippen LogP contribution in [0.15, 0.2) is 24.5 Å². The number of likely N-dealkylation sites (N-methyl/N-ethyl adjacent to an activating group) is 2. The Bertz CT molecular complexity index is 430. The molecule has 0 aromatic carbocycles. The molecule has 2 amide bonds. The number of aromatic nitrogens is 1. The van der Waals surface area contributed by atoms with E-state index < -0.39 is 11.8 Å². The molecule has 0 fully saturated rings. The third kappa shape index (κ3) is 3.53. The normalized spacial score (nSPS) is 11.8. The maximum Gasteiger partial charge on any atom is 0.312 e. The average molecular weight is 263 g/mol. The third-order valence-electron chi connectivity index (χ3n) is 3.32. The molecule has 0 aliphatic heterocycles. The first-order chi connectivity index (χ1) is 9.02. The number of hydrogen-bond donors (Lipinski definition) is 0. The molecule has 5 heteroatoms. The minimum absolute atomic E-state index is 0.157. The zero-order chi connectivity index (χ0) is 14.4. The highest BCUT2D eigenvalue weighted by molar-refractivity contribution is 6.34. The molecule has 0 N–H and O–H groups in total. The Balaban J connectivity index is 2.80. The topological polar surface area (TPSA) is 53.5 Å². The van der Waals surface area contributed by atoms with Gasteiger partial charge in [0.2, 0.25) is 0 Å². The SMILES string of the molecule is CCN(CC)C(=O)C(=O)N(C)[C@@H](C)c1ccncc1. The Labute approximate surface area is 114 Å². The highest BCUT2D eigenvalue weighted by Gasteiger charge is 2.26. The van der Waals surface area contributed by atoms with Gasteiger partial charge < -0.3 is 9.80 Å². The predicted molar refractivity (Wildman–Crippen MR) is 73.4 cm³/mol. The van der Waals surface area contributed by atoms with Crippen LogP contribution in [-0.4, -0.2) is 46.7 Å². The lowest BCUT2D eigenvalue weighted by Gasteiger charge is -2.27. The number of pyridine rings is 1. The molecule has 0 saturated heterocycles. The van der Waals surface area contributed by atoms with Crippen molar-refractivity contribution in [1.29, 1.82) is 0 Å². The average Bonchev–Trinajstić information content (AvgIpc) is 2.47. The lowest BCUT2D eigenvalue weighted by Crippen LogP contribution is -2.44. The number of hydrogen-bond acceptors (Lipinski definition) is 3. The van der Waals surface area contributed by atoms with Gasteiger partial charge >= 0.3 is 11.8 Å². The molecular formula is C14H21N3O2. The Morgan fingerprint density at radius 2 is 1.68 bits per heavy atom. The van der Waals surface area contributed by atoms with Gasteiger partial charge in [0.05, 0.1) is 6.04 Å². The number of amides is 2. The van der Waals surface area contributed by atoms with Crippen molar-refractivity contribution in [1.82, 2.24) is 14.8 Å². The zero-order valence-corrected chi connectivity index (χ0v) is 12.0. The minimum atomic E-state index is -0.479. The standard InChI is InChI=1S/C14H21N3O2/c1-5-17(6-2)14(19)13(18)16(4)11(3)12-7-9-15-10-8-12/h7-11H,5-6H2,1-4H3/t11-/m0/s1. The highest BCUT2D eigenvalue weighted by Crippen LogP contribution is 2.18. The van der Waals surface area contributed by atoms with Gasteiger partial charge in [0.25, 0.3) is 0 Å². The van der Waals surface area contributed by atoms with E-state index in [4.69, 9.17) is 0 Å². The molecule has 0 bridgehead atoms. The summed E-state index contributed by atoms with van der Waals surface area (Å²) in [5.41, 5.74) is 0.957. The van der Waals surface area contributed by atoms with E-state index in [0.29, 0.717) is 13.1 Å². The van der Waals surface area contributed by atoms with E-state index in [1.54, 1.807) is 19.4 Å². The maximum atomic E-state index is 12.1. The van der Waals surface area contributed by atoms with Crippen LogP contribution in [0.4, 0.5) is 0 Å². The Morgan fingerprint density at radius 3 is 2.16 bits per heavy atom. The smallest absolute Gasteiger partial charge is 0.312 e. The van der Waals surface area contributed by atoms with Crippen LogP contribution in [-0.2, 0) is 9.59 Å². The van der Waals surface area contributed by atoms with E-state index in [1.165, 1.54) is 9.80 Å². The molecule has 5 nitrogen and oxygen atoms in total. The van der Waals surface area contributed by atoms with Gasteiger partial charge in [-0.15, -0.1) is 0 Å². The highest BCUT2D eigenvalue weighted by atomic mass is 16.2. The second-order valence-electron chi connectivity index (χ2n) is 4.35. The first-order valence-electron chi connectivity index (χ1n) is 6.48. The van der Waals surface area contributed by atoms with Crippen molar-refractivity contribution in [2.24, 2.45) is 0 Å². The predicted octanol–water partition coefficient (Wildman–Crippen LogP) is 1.47. The van der Waals surface area contributed by atoms with Gasteiger partial charge in [-0.2, -0.15) is 0 Å². The Kier molecular flexibility index (Phi) is 5.48. The molecule has 1 aromatic rings. The van der Waals surface area contributed by atoms with Crippen molar-refractivity contribution < 1.29 is 9.59 Å². The summed E-state index contributed by atoms with van der Waals surface area (Å²) in [7, 11) is 1.65. The van der Waals surface area contributed by atoms with Gasteiger partial charge in [-0.3, -0.25) is 14.6 Å². The van der Waals surface area contributed by atoms with E-state index in [0.717, 1.165) is 5.56 Å². The summed E-state index contributed by atoms with van der Waals surface area (Å²) >= 11 is 0. The van der Waals surface area contributed by atoms with Gasteiger partial charge in [-0.25, -0.2) is 0 Å². The maximum absolute atomic E-state index is 12.1. The monoisotopic (exact) mass is 263 g/mol. The van der Waals surface area contributed by atoms with Gasteiger partial charge in [0.15, 0.2) is 0 Å². The van der Waals surface area contributed by atoms with Crippen molar-refractivity contribution in [2.75, 3.05) is 20.1 Å². The summed E-state index contributed by atoms with van der Waals surface area (Å²) in [6.45, 7) is 6.70. The number of carbonyl (C=O) groups excluding carboxylic acids is 2. The van der Waals surface area contributed by atoms with Gasteiger partial charge in [0, 0.05) is 32.5 Å². The summed E-state index contributed by atoms with van der Waals surface area (Å²) in [5.74, 6) is -0.929. The van der Waals surface area contributed by atoms with Gasteiger partial charge in [0.1, 0.15) is 0 Å². The molecule has 0 aliphatic rings. The van der Waals surface area contributed by atoms with Crippen LogP contribution in [0.1, 0.15) is 32.4 Å². The van der Waals surface area contributed by atoms with Crippen molar-refractivity contribution in [3.63, 3.8) is 0 Å². The van der Waals surface area contributed by atoms with E-state index in [9.17, 15) is 9.59 Å². The molecule has 0 unspecified atom stereocenters. The second-order valence-corrected chi connectivity index (χ2v) is 4.35. The van der Waals surface area contributed by atoms with Gasteiger partial charge in [-0.1, -0.05) is 0 Å². The van der Waals surface area contributed by atoms with Crippen LogP contribution in [0.5, 0.6) is 0 Å². The molecule has 1 atom stereocenters. The summed E-state index contributed by atoms with van der Waals surface area (Å²) in [5, 5.41) is 0. The van der Waals surface area contributed by atoms with Crippen LogP contribution in [0.3, 0.4) is 0 Å². The molecule has 0 saturated carbocycles. The fraction of sp³-hybridized carbons (Fsp3) is 0.500. The summed E-state index contributed by atoms with van der Waals surface area (Å²) in [6, 6.07) is 3.53. The largest absolute Gasteiger partial charge is 0.335 e. The van der Waals surface area contributed by atoms with E-state index >= 15 is 0 Å². The van der Waals surface area contributed by atoms with E-state index in [2.05, 4.69) is 4.98 Å². The second kappa shape index (κ2) is 6.87. The lowest BCUT2D eigenvalue weighted by atomic mass is 10.1. The molecule has 1 aromatic heterocycles. The molecule has 0 spiro atoms. The third-order valence-corrected chi connectivity index (χ3v) is 3.32. The van der Waals surface area contributed by atoms with Crippen LogP contribution >= 0.6 is 0 Å². The number of carbonyl (C=O) groups is 2. The fourth-order valence-electron chi connectivity index (χ4n) is 1.84. The van der Waals surface area contributed by atoms with E-state index in [1.807, 2.05) is 32.9 Å². The molecular weight excluding hydrogens is 242 g/mol. The van der Waals surface area contributed by atoms with Crippen LogP contribution < -0.4 is 0 Å². The lowest BCUT2D eigenvalue weighted by molar-refractivity contribution is -0.152. The summed E-state index contributed by atoms with van der Waals surface area (Å²) in [6.07, 6.45) is 3.35. The van der Waals surface area contributed by atoms with Crippen molar-refractivity contribution in [3.8, 4) is 0 Å². The van der Waals surface area contributed by atoms with E-state index in [-0.39, 0.29) is 6.04 Å². The van der Waals surface area contributed by atoms with Crippen LogP contribution in [0.2, 0.25) is 0 Å². The number of nitrogens with zero attached hydrogens (tertiary/aromatic N) is 3. The summed E-state index contributed by atoms with van der Waals surface area (Å²) < 4.78 is 0. The van der Waals surface area contributed by atoms with Crippen LogP contribution in [0.25, 0.3) is 0 Å². The molecule has 19 heavy (non-hydrogen) atoms. The minimum Gasteiger partial charge on any atom is -0.335 e. The zero-order valence-electron chi connectivity index (χ0n) is 12.0. The van der Waals surface area contributed by atoms with Crippen molar-refractivity contribution in [3.05, 3.63) is 30.1 Å². The Morgan fingerprint density at radius 1 is 1.16 bits per heavy atom. The quantitative estimate of drug-likeness (QED) is 0.773. The van der Waals surface area contributed by atoms with Crippen LogP contribution in [0, 0.1) is 0 Å². The molecule has 0 aliphatic carbocycles. The molecule has 1 heterocycles. The summed E-state index contributed by atoms with van der Waals surface area (Å²) in [4.78, 5) is 31.1. The first kappa shape index (κ1) is 15.1.